The molecule has 0 unspecified atom stereocenters. The maximum absolute atomic E-state index is 15.0. The van der Waals surface area contributed by atoms with E-state index in [4.69, 9.17) is 25.8 Å². The van der Waals surface area contributed by atoms with Gasteiger partial charge in [0.2, 0.25) is 5.88 Å². The number of benzene rings is 1. The van der Waals surface area contributed by atoms with Gasteiger partial charge in [0, 0.05) is 25.1 Å². The predicted octanol–water partition coefficient (Wildman–Crippen LogP) is 3.72. The van der Waals surface area contributed by atoms with Crippen LogP contribution >= 0.6 is 11.6 Å². The van der Waals surface area contributed by atoms with E-state index in [2.05, 4.69) is 25.6 Å². The number of hydrogen-bond donors (Lipinski definition) is 2. The van der Waals surface area contributed by atoms with Crippen LogP contribution in [0.2, 0.25) is 5.02 Å². The van der Waals surface area contributed by atoms with Crippen LogP contribution in [0.3, 0.4) is 0 Å². The Morgan fingerprint density at radius 3 is 2.97 bits per heavy atom. The van der Waals surface area contributed by atoms with Crippen LogP contribution in [0.25, 0.3) is 11.0 Å². The van der Waals surface area contributed by atoms with Crippen molar-refractivity contribution in [1.29, 1.82) is 0 Å². The van der Waals surface area contributed by atoms with Crippen LogP contribution in [0.1, 0.15) is 12.8 Å². The first-order valence-electron chi connectivity index (χ1n) is 10.6. The van der Waals surface area contributed by atoms with E-state index in [0.29, 0.717) is 47.6 Å². The zero-order chi connectivity index (χ0) is 21.9. The lowest BCUT2D eigenvalue weighted by molar-refractivity contribution is 0.167. The number of pyridine rings is 1. The highest BCUT2D eigenvalue weighted by Crippen LogP contribution is 2.34. The molecule has 10 heteroatoms. The molecule has 2 saturated heterocycles. The predicted molar refractivity (Wildman–Crippen MR) is 118 cm³/mol. The van der Waals surface area contributed by atoms with Crippen molar-refractivity contribution in [2.24, 2.45) is 5.92 Å². The van der Waals surface area contributed by atoms with Crippen LogP contribution in [0.4, 0.5) is 15.9 Å². The third-order valence-corrected chi connectivity index (χ3v) is 5.91. The van der Waals surface area contributed by atoms with Crippen molar-refractivity contribution in [3.63, 3.8) is 0 Å². The monoisotopic (exact) mass is 459 g/mol. The first kappa shape index (κ1) is 21.1. The number of ether oxygens (including phenoxy) is 3. The summed E-state index contributed by atoms with van der Waals surface area (Å²) in [5.74, 6) is 0.803. The number of halogens is 2. The van der Waals surface area contributed by atoms with Gasteiger partial charge in [-0.3, -0.25) is 0 Å². The van der Waals surface area contributed by atoms with Gasteiger partial charge >= 0.3 is 0 Å². The summed E-state index contributed by atoms with van der Waals surface area (Å²) < 4.78 is 32.0. The summed E-state index contributed by atoms with van der Waals surface area (Å²) in [7, 11) is 0. The van der Waals surface area contributed by atoms with Crippen LogP contribution in [-0.2, 0) is 4.74 Å². The summed E-state index contributed by atoms with van der Waals surface area (Å²) in [5.41, 5.74) is 1.26. The minimum Gasteiger partial charge on any atom is -0.492 e. The summed E-state index contributed by atoms with van der Waals surface area (Å²) >= 11 is 6.24. The van der Waals surface area contributed by atoms with Gasteiger partial charge in [0.05, 0.1) is 24.4 Å². The molecule has 0 amide bonds. The lowest BCUT2D eigenvalue weighted by atomic mass is 10.1. The molecule has 0 aliphatic carbocycles. The van der Waals surface area contributed by atoms with Crippen molar-refractivity contribution in [1.82, 2.24) is 20.3 Å². The quantitative estimate of drug-likeness (QED) is 0.552. The summed E-state index contributed by atoms with van der Waals surface area (Å²) in [4.78, 5) is 13.0. The molecule has 2 atom stereocenters. The number of rotatable bonds is 7. The van der Waals surface area contributed by atoms with E-state index in [0.717, 1.165) is 32.5 Å². The number of fused-ring (bicyclic) bond motifs is 1. The van der Waals surface area contributed by atoms with E-state index in [1.54, 1.807) is 24.3 Å². The minimum atomic E-state index is -0.622. The molecule has 2 aliphatic rings. The molecular formula is C22H23ClFN5O3. The molecule has 5 rings (SSSR count). The average Bonchev–Trinajstić information content (AvgIpc) is 3.51. The number of aromatic nitrogens is 3. The summed E-state index contributed by atoms with van der Waals surface area (Å²) in [6, 6.07) is 6.79. The van der Waals surface area contributed by atoms with Crippen molar-refractivity contribution < 1.29 is 18.6 Å². The van der Waals surface area contributed by atoms with Gasteiger partial charge in [-0.2, -0.15) is 0 Å². The van der Waals surface area contributed by atoms with Crippen molar-refractivity contribution in [2.45, 2.75) is 18.9 Å². The Bertz CT molecular complexity index is 1110. The second kappa shape index (κ2) is 9.40. The van der Waals surface area contributed by atoms with E-state index < -0.39 is 5.82 Å². The van der Waals surface area contributed by atoms with Crippen LogP contribution < -0.4 is 20.1 Å². The molecule has 2 fully saturated rings. The molecule has 0 radical (unpaired) electrons. The SMILES string of the molecule is Fc1c(Nc2ncnc3ccc(O[C@H]4CCNC4)nc23)ccc(OC[C@H]2CCOC2)c1Cl. The molecule has 2 aromatic heterocycles. The zero-order valence-corrected chi connectivity index (χ0v) is 18.1. The number of nitrogens with zero attached hydrogens (tertiary/aromatic N) is 3. The van der Waals surface area contributed by atoms with Crippen LogP contribution in [0.5, 0.6) is 11.6 Å². The summed E-state index contributed by atoms with van der Waals surface area (Å²) in [6.07, 6.45) is 3.31. The highest BCUT2D eigenvalue weighted by molar-refractivity contribution is 6.32. The van der Waals surface area contributed by atoms with Gasteiger partial charge < -0.3 is 24.8 Å². The fraction of sp³-hybridized carbons (Fsp3) is 0.409. The maximum atomic E-state index is 15.0. The number of nitrogens with one attached hydrogen (secondary N) is 2. The molecule has 168 valence electrons. The van der Waals surface area contributed by atoms with Crippen LogP contribution in [0.15, 0.2) is 30.6 Å². The molecule has 32 heavy (non-hydrogen) atoms. The highest BCUT2D eigenvalue weighted by atomic mass is 35.5. The Kier molecular flexibility index (Phi) is 6.20. The molecule has 2 aliphatic heterocycles. The molecule has 0 spiro atoms. The molecular weight excluding hydrogens is 437 g/mol. The molecule has 4 heterocycles. The maximum Gasteiger partial charge on any atom is 0.214 e. The minimum absolute atomic E-state index is 0.0700. The van der Waals surface area contributed by atoms with Gasteiger partial charge in [0.1, 0.15) is 28.7 Å². The Morgan fingerprint density at radius 1 is 1.22 bits per heavy atom. The Hall–Kier alpha value is -2.75. The highest BCUT2D eigenvalue weighted by Gasteiger charge is 2.20. The first-order chi connectivity index (χ1) is 15.7. The molecule has 0 bridgehead atoms. The molecule has 1 aromatic carbocycles. The van der Waals surface area contributed by atoms with E-state index in [-0.39, 0.29) is 16.8 Å². The van der Waals surface area contributed by atoms with Crippen LogP contribution in [0, 0.1) is 11.7 Å². The molecule has 2 N–H and O–H groups in total. The fourth-order valence-corrected chi connectivity index (χ4v) is 3.99. The fourth-order valence-electron chi connectivity index (χ4n) is 3.77. The van der Waals surface area contributed by atoms with E-state index in [9.17, 15) is 0 Å². The van der Waals surface area contributed by atoms with Gasteiger partial charge in [-0.1, -0.05) is 11.6 Å². The first-order valence-corrected chi connectivity index (χ1v) is 11.0. The lowest BCUT2D eigenvalue weighted by Gasteiger charge is -2.15. The molecule has 3 aromatic rings. The number of hydrogen-bond acceptors (Lipinski definition) is 8. The largest absolute Gasteiger partial charge is 0.492 e. The Balaban J connectivity index is 1.36. The second-order valence-corrected chi connectivity index (χ2v) is 8.25. The number of anilines is 2. The van der Waals surface area contributed by atoms with Gasteiger partial charge in [0.25, 0.3) is 0 Å². The van der Waals surface area contributed by atoms with Gasteiger partial charge in [-0.25, -0.2) is 19.3 Å². The van der Waals surface area contributed by atoms with E-state index >= 15 is 4.39 Å². The third kappa shape index (κ3) is 4.55. The summed E-state index contributed by atoms with van der Waals surface area (Å²) in [6.45, 7) is 3.51. The Labute approximate surface area is 189 Å². The molecule has 8 nitrogen and oxygen atoms in total. The van der Waals surface area contributed by atoms with Gasteiger partial charge in [-0.05, 0) is 37.6 Å². The topological polar surface area (TPSA) is 90.4 Å². The van der Waals surface area contributed by atoms with Gasteiger partial charge in [-0.15, -0.1) is 0 Å². The standard InChI is InChI=1S/C22H23ClFN5O3/c23-19-17(31-11-13-6-8-30-10-13)3-1-15(20(19)24)28-22-21-16(26-12-27-22)2-4-18(29-21)32-14-5-7-25-9-14/h1-4,12-14,25H,5-11H2,(H,26,27,28)/t13-,14-/m0/s1. The second-order valence-electron chi connectivity index (χ2n) is 7.88. The smallest absolute Gasteiger partial charge is 0.214 e. The van der Waals surface area contributed by atoms with Crippen molar-refractivity contribution >= 4 is 34.1 Å². The third-order valence-electron chi connectivity index (χ3n) is 5.56. The Morgan fingerprint density at radius 2 is 2.16 bits per heavy atom. The van der Waals surface area contributed by atoms with E-state index in [1.165, 1.54) is 6.33 Å². The van der Waals surface area contributed by atoms with Crippen molar-refractivity contribution in [3.05, 3.63) is 41.4 Å². The normalized spacial score (nSPS) is 20.6. The van der Waals surface area contributed by atoms with Gasteiger partial charge in [0.15, 0.2) is 11.6 Å². The lowest BCUT2D eigenvalue weighted by Crippen LogP contribution is -2.20. The van der Waals surface area contributed by atoms with Crippen molar-refractivity contribution in [3.8, 4) is 11.6 Å². The summed E-state index contributed by atoms with van der Waals surface area (Å²) in [5, 5.41) is 6.15. The van der Waals surface area contributed by atoms with Crippen molar-refractivity contribution in [2.75, 3.05) is 38.2 Å². The van der Waals surface area contributed by atoms with E-state index in [1.807, 2.05) is 0 Å². The zero-order valence-electron chi connectivity index (χ0n) is 17.3. The average molecular weight is 460 g/mol. The van der Waals surface area contributed by atoms with Crippen LogP contribution in [-0.4, -0.2) is 54.0 Å². The molecule has 0 saturated carbocycles.